The van der Waals surface area contributed by atoms with Crippen LogP contribution < -0.4 is 10.9 Å². The smallest absolute Gasteiger partial charge is 0.247 e. The van der Waals surface area contributed by atoms with E-state index in [1.807, 2.05) is 18.3 Å². The highest BCUT2D eigenvalue weighted by Crippen LogP contribution is 2.12. The van der Waals surface area contributed by atoms with Gasteiger partial charge in [-0.2, -0.15) is 0 Å². The van der Waals surface area contributed by atoms with Gasteiger partial charge in [0.1, 0.15) is 6.23 Å². The molecule has 2 rings (SSSR count). The third-order valence-electron chi connectivity index (χ3n) is 3.03. The van der Waals surface area contributed by atoms with Crippen LogP contribution in [-0.2, 0) is 0 Å². The zero-order valence-corrected chi connectivity index (χ0v) is 12.6. The number of nitrogens with one attached hydrogen (secondary N) is 2. The van der Waals surface area contributed by atoms with Crippen molar-refractivity contribution in [1.29, 1.82) is 0 Å². The van der Waals surface area contributed by atoms with Gasteiger partial charge >= 0.3 is 0 Å². The number of hydrogen-bond donors (Lipinski definition) is 3. The quantitative estimate of drug-likeness (QED) is 0.777. The molecule has 110 valence electrons. The Labute approximate surface area is 120 Å². The first kappa shape index (κ1) is 16.2. The van der Waals surface area contributed by atoms with Gasteiger partial charge in [0.15, 0.2) is 0 Å². The fraction of sp³-hybridized carbons (Fsp3) is 0.438. The molecule has 0 aromatic carbocycles. The van der Waals surface area contributed by atoms with Crippen LogP contribution in [0.5, 0.6) is 0 Å². The molecule has 0 amide bonds. The fourth-order valence-electron chi connectivity index (χ4n) is 1.63. The Kier molecular flexibility index (Phi) is 6.25. The molecule has 0 saturated heterocycles. The number of allylic oxidation sites excluding steroid dienone is 2. The molecule has 0 aliphatic carbocycles. The molecule has 4 nitrogen and oxygen atoms in total. The van der Waals surface area contributed by atoms with Crippen LogP contribution in [0.4, 0.5) is 0 Å². The number of pyridine rings is 1. The molecule has 0 saturated carbocycles. The molecule has 2 heterocycles. The lowest BCUT2D eigenvalue weighted by Crippen LogP contribution is -2.24. The van der Waals surface area contributed by atoms with E-state index >= 15 is 0 Å². The van der Waals surface area contributed by atoms with Crippen molar-refractivity contribution in [3.8, 4) is 0 Å². The lowest BCUT2D eigenvalue weighted by atomic mass is 10.0. The highest BCUT2D eigenvalue weighted by atomic mass is 16.3. The summed E-state index contributed by atoms with van der Waals surface area (Å²) in [6.45, 7) is 8.42. The number of aromatic nitrogens is 1. The summed E-state index contributed by atoms with van der Waals surface area (Å²) in [4.78, 5) is 13.2. The van der Waals surface area contributed by atoms with Gasteiger partial charge in [0.25, 0.3) is 0 Å². The molecule has 1 aromatic heterocycles. The highest BCUT2D eigenvalue weighted by Gasteiger charge is 2.05. The van der Waals surface area contributed by atoms with Gasteiger partial charge in [-0.1, -0.05) is 39.8 Å². The van der Waals surface area contributed by atoms with Gasteiger partial charge in [-0.15, -0.1) is 0 Å². The Morgan fingerprint density at radius 2 is 1.85 bits per heavy atom. The number of dihydropyridines is 1. The Hall–Kier alpha value is -1.81. The number of rotatable bonds is 2. The molecular formula is C16H24N2O2. The summed E-state index contributed by atoms with van der Waals surface area (Å²) in [6.07, 6.45) is 6.81. The first-order valence-electron chi connectivity index (χ1n) is 6.91. The van der Waals surface area contributed by atoms with Gasteiger partial charge in [-0.25, -0.2) is 0 Å². The maximum atomic E-state index is 10.6. The Morgan fingerprint density at radius 1 is 1.15 bits per heavy atom. The lowest BCUT2D eigenvalue weighted by Gasteiger charge is -2.15. The highest BCUT2D eigenvalue weighted by molar-refractivity contribution is 5.24. The maximum absolute atomic E-state index is 10.6. The van der Waals surface area contributed by atoms with Crippen LogP contribution in [0, 0.1) is 5.92 Å². The number of aromatic amines is 1. The van der Waals surface area contributed by atoms with Crippen molar-refractivity contribution < 1.29 is 5.11 Å². The van der Waals surface area contributed by atoms with Crippen LogP contribution in [0.1, 0.15) is 39.2 Å². The van der Waals surface area contributed by atoms with E-state index in [-0.39, 0.29) is 5.56 Å². The van der Waals surface area contributed by atoms with Crippen molar-refractivity contribution in [2.75, 3.05) is 0 Å². The molecule has 1 atom stereocenters. The van der Waals surface area contributed by atoms with Gasteiger partial charge in [-0.05, 0) is 29.0 Å². The standard InChI is InChI=1S/C8H13NO.C8H11NO/c2*1-6(2)7-3-4-8(10)9-5-7/h3-6,8-10H,1-2H3;3-6H,1-2H3,(H,9,10). The molecule has 1 unspecified atom stereocenters. The van der Waals surface area contributed by atoms with Gasteiger partial charge in [0.05, 0.1) is 0 Å². The molecule has 0 bridgehead atoms. The predicted molar refractivity (Wildman–Crippen MR) is 82.4 cm³/mol. The van der Waals surface area contributed by atoms with Crippen molar-refractivity contribution >= 4 is 0 Å². The molecule has 1 aliphatic rings. The van der Waals surface area contributed by atoms with E-state index in [0.29, 0.717) is 11.8 Å². The summed E-state index contributed by atoms with van der Waals surface area (Å²) >= 11 is 0. The van der Waals surface area contributed by atoms with E-state index in [9.17, 15) is 4.79 Å². The van der Waals surface area contributed by atoms with Gasteiger partial charge in [0, 0.05) is 18.5 Å². The summed E-state index contributed by atoms with van der Waals surface area (Å²) in [5.41, 5.74) is 2.36. The van der Waals surface area contributed by atoms with E-state index in [2.05, 4.69) is 38.0 Å². The van der Waals surface area contributed by atoms with Crippen LogP contribution in [0.2, 0.25) is 0 Å². The summed E-state index contributed by atoms with van der Waals surface area (Å²) in [7, 11) is 0. The normalized spacial score (nSPS) is 17.4. The fourth-order valence-corrected chi connectivity index (χ4v) is 1.63. The molecule has 1 aromatic rings. The average molecular weight is 276 g/mol. The predicted octanol–water partition coefficient (Wildman–Crippen LogP) is 2.50. The average Bonchev–Trinajstić information content (AvgIpc) is 2.40. The van der Waals surface area contributed by atoms with Gasteiger partial charge < -0.3 is 15.4 Å². The third kappa shape index (κ3) is 5.45. The van der Waals surface area contributed by atoms with Crippen molar-refractivity contribution in [3.05, 3.63) is 58.2 Å². The van der Waals surface area contributed by atoms with Gasteiger partial charge in [-0.3, -0.25) is 4.79 Å². The third-order valence-corrected chi connectivity index (χ3v) is 3.03. The van der Waals surface area contributed by atoms with Crippen molar-refractivity contribution in [1.82, 2.24) is 10.3 Å². The zero-order valence-electron chi connectivity index (χ0n) is 12.6. The summed E-state index contributed by atoms with van der Waals surface area (Å²) < 4.78 is 0. The number of aliphatic hydroxyl groups excluding tert-OH is 1. The molecule has 4 heteroatoms. The number of hydrogen-bond acceptors (Lipinski definition) is 3. The van der Waals surface area contributed by atoms with Crippen molar-refractivity contribution in [3.63, 3.8) is 0 Å². The van der Waals surface area contributed by atoms with E-state index < -0.39 is 6.23 Å². The first-order valence-corrected chi connectivity index (χ1v) is 6.91. The topological polar surface area (TPSA) is 65.1 Å². The molecule has 3 N–H and O–H groups in total. The minimum Gasteiger partial charge on any atom is -0.370 e. The second-order valence-electron chi connectivity index (χ2n) is 5.41. The van der Waals surface area contributed by atoms with E-state index in [1.54, 1.807) is 18.3 Å². The monoisotopic (exact) mass is 276 g/mol. The summed E-state index contributed by atoms with van der Waals surface area (Å²) in [6, 6.07) is 3.40. The van der Waals surface area contributed by atoms with E-state index in [4.69, 9.17) is 5.11 Å². The van der Waals surface area contributed by atoms with Crippen LogP contribution in [0.25, 0.3) is 0 Å². The van der Waals surface area contributed by atoms with Crippen LogP contribution in [-0.4, -0.2) is 16.3 Å². The van der Waals surface area contributed by atoms with E-state index in [1.165, 1.54) is 11.1 Å². The van der Waals surface area contributed by atoms with Crippen LogP contribution in [0.3, 0.4) is 0 Å². The number of H-pyrrole nitrogens is 1. The summed E-state index contributed by atoms with van der Waals surface area (Å²) in [5.74, 6) is 1.01. The van der Waals surface area contributed by atoms with Crippen molar-refractivity contribution in [2.45, 2.75) is 39.8 Å². The minimum absolute atomic E-state index is 0.0376. The van der Waals surface area contributed by atoms with Crippen molar-refractivity contribution in [2.24, 2.45) is 5.92 Å². The molecule has 0 spiro atoms. The van der Waals surface area contributed by atoms with Crippen LogP contribution in [0.15, 0.2) is 47.0 Å². The minimum atomic E-state index is -0.498. The largest absolute Gasteiger partial charge is 0.370 e. The van der Waals surface area contributed by atoms with E-state index in [0.717, 1.165) is 0 Å². The molecule has 0 radical (unpaired) electrons. The lowest BCUT2D eigenvalue weighted by molar-refractivity contribution is 0.200. The maximum Gasteiger partial charge on any atom is 0.247 e. The first-order chi connectivity index (χ1) is 9.40. The van der Waals surface area contributed by atoms with Gasteiger partial charge in [0.2, 0.25) is 5.56 Å². The zero-order chi connectivity index (χ0) is 15.1. The Morgan fingerprint density at radius 3 is 2.25 bits per heavy atom. The second-order valence-corrected chi connectivity index (χ2v) is 5.41. The molecular weight excluding hydrogens is 252 g/mol. The second kappa shape index (κ2) is 7.70. The molecule has 20 heavy (non-hydrogen) atoms. The Bertz CT molecular complexity index is 507. The molecule has 1 aliphatic heterocycles. The summed E-state index contributed by atoms with van der Waals surface area (Å²) in [5, 5.41) is 11.8. The van der Waals surface area contributed by atoms with Crippen LogP contribution >= 0.6 is 0 Å². The Balaban J connectivity index is 0.000000200. The molecule has 0 fully saturated rings. The SMILES string of the molecule is CC(C)C1=CNC(O)C=C1.CC(C)c1ccc(=O)[nH]c1. The number of aliphatic hydroxyl groups is 1.